The first-order chi connectivity index (χ1) is 20.1. The largest absolute Gasteiger partial charge is 0.379 e. The van der Waals surface area contributed by atoms with Gasteiger partial charge in [-0.2, -0.15) is 5.10 Å². The minimum absolute atomic E-state index is 0.00351. The van der Waals surface area contributed by atoms with Gasteiger partial charge < -0.3 is 16.0 Å². The van der Waals surface area contributed by atoms with E-state index in [4.69, 9.17) is 11.6 Å². The van der Waals surface area contributed by atoms with Crippen molar-refractivity contribution >= 4 is 50.2 Å². The number of aryl methyl sites for hydroxylation is 2. The minimum Gasteiger partial charge on any atom is -0.379 e. The van der Waals surface area contributed by atoms with E-state index in [1.165, 1.54) is 27.7 Å². The molecule has 0 radical (unpaired) electrons. The maximum Gasteiger partial charge on any atom is 0.276 e. The van der Waals surface area contributed by atoms with Crippen molar-refractivity contribution < 1.29 is 17.6 Å². The van der Waals surface area contributed by atoms with Gasteiger partial charge in [0.15, 0.2) is 27.0 Å². The summed E-state index contributed by atoms with van der Waals surface area (Å²) in [6, 6.07) is 3.66. The standard InChI is InChI=1S/C27H31ClFN9O3S/c1-15-24(25(28)37(2)35-15)42(40,41)14-16-3-5-18(6-4-16)33-23-11-21(32-17-7-8-17)26-31-13-22(38(26)36-23)27(39)34-20-9-10-30-12-19(20)29/h9-13,16-18,32H,3-8,14H2,1-2H3,(H,33,36)(H,30,34,39). The third-order valence-electron chi connectivity index (χ3n) is 7.72. The number of nitrogens with zero attached hydrogens (tertiary/aromatic N) is 6. The minimum atomic E-state index is -3.58. The van der Waals surface area contributed by atoms with Gasteiger partial charge in [-0.05, 0) is 57.4 Å². The number of rotatable bonds is 9. The van der Waals surface area contributed by atoms with Crippen LogP contribution in [0, 0.1) is 18.7 Å². The van der Waals surface area contributed by atoms with Crippen molar-refractivity contribution in [2.24, 2.45) is 13.0 Å². The van der Waals surface area contributed by atoms with Crippen LogP contribution in [0.5, 0.6) is 0 Å². The second-order valence-corrected chi connectivity index (χ2v) is 13.4. The normalized spacial score (nSPS) is 19.1. The number of fused-ring (bicyclic) bond motifs is 1. The molecule has 3 N–H and O–H groups in total. The first-order valence-electron chi connectivity index (χ1n) is 13.8. The highest BCUT2D eigenvalue weighted by Gasteiger charge is 2.31. The molecule has 0 aliphatic heterocycles. The van der Waals surface area contributed by atoms with Crippen LogP contribution in [0.15, 0.2) is 35.6 Å². The molecule has 4 heterocycles. The van der Waals surface area contributed by atoms with Crippen LogP contribution in [-0.4, -0.2) is 61.5 Å². The molecule has 0 bridgehead atoms. The van der Waals surface area contributed by atoms with Crippen molar-refractivity contribution in [1.82, 2.24) is 29.4 Å². The number of carbonyl (C=O) groups is 1. The maximum atomic E-state index is 14.1. The Labute approximate surface area is 247 Å². The molecule has 222 valence electrons. The third-order valence-corrected chi connectivity index (χ3v) is 10.3. The van der Waals surface area contributed by atoms with Gasteiger partial charge in [-0.25, -0.2) is 22.3 Å². The molecule has 2 saturated carbocycles. The quantitative estimate of drug-likeness (QED) is 0.251. The van der Waals surface area contributed by atoms with E-state index in [9.17, 15) is 17.6 Å². The smallest absolute Gasteiger partial charge is 0.276 e. The highest BCUT2D eigenvalue weighted by molar-refractivity contribution is 7.91. The fraction of sp³-hybridized carbons (Fsp3) is 0.444. The number of carbonyl (C=O) groups excluding carboxylic acids is 1. The number of hydrogen-bond acceptors (Lipinski definition) is 9. The van der Waals surface area contributed by atoms with E-state index >= 15 is 0 Å². The lowest BCUT2D eigenvalue weighted by molar-refractivity contribution is 0.102. The molecule has 2 aliphatic carbocycles. The number of hydrogen-bond donors (Lipinski definition) is 3. The van der Waals surface area contributed by atoms with Crippen molar-refractivity contribution in [3.05, 3.63) is 53.1 Å². The first kappa shape index (κ1) is 28.3. The molecule has 2 fully saturated rings. The van der Waals surface area contributed by atoms with Crippen molar-refractivity contribution in [2.45, 2.75) is 62.4 Å². The number of nitrogens with one attached hydrogen (secondary N) is 3. The second kappa shape index (κ2) is 11.1. The van der Waals surface area contributed by atoms with Gasteiger partial charge in [0.25, 0.3) is 5.91 Å². The van der Waals surface area contributed by atoms with Gasteiger partial charge in [0.1, 0.15) is 15.9 Å². The van der Waals surface area contributed by atoms with Crippen LogP contribution in [0.25, 0.3) is 5.65 Å². The van der Waals surface area contributed by atoms with Crippen molar-refractivity contribution in [2.75, 3.05) is 21.7 Å². The number of pyridine rings is 1. The molecular weight excluding hydrogens is 585 g/mol. The highest BCUT2D eigenvalue weighted by Crippen LogP contribution is 2.33. The predicted octanol–water partition coefficient (Wildman–Crippen LogP) is 4.23. The Morgan fingerprint density at radius 1 is 1.07 bits per heavy atom. The van der Waals surface area contributed by atoms with Gasteiger partial charge in [-0.3, -0.25) is 14.5 Å². The molecule has 1 amide bonds. The summed E-state index contributed by atoms with van der Waals surface area (Å²) in [5.74, 6) is -0.615. The molecule has 6 rings (SSSR count). The molecule has 0 aromatic carbocycles. The van der Waals surface area contributed by atoms with Crippen LogP contribution < -0.4 is 16.0 Å². The number of anilines is 3. The van der Waals surface area contributed by atoms with Crippen molar-refractivity contribution in [1.29, 1.82) is 0 Å². The lowest BCUT2D eigenvalue weighted by atomic mass is 9.87. The van der Waals surface area contributed by atoms with Crippen LogP contribution in [0.4, 0.5) is 21.6 Å². The predicted molar refractivity (Wildman–Crippen MR) is 156 cm³/mol. The molecule has 15 heteroatoms. The van der Waals surface area contributed by atoms with E-state index in [2.05, 4.69) is 36.1 Å². The van der Waals surface area contributed by atoms with Gasteiger partial charge in [-0.1, -0.05) is 11.6 Å². The molecule has 12 nitrogen and oxygen atoms in total. The summed E-state index contributed by atoms with van der Waals surface area (Å²) in [6.07, 6.45) is 8.88. The molecule has 0 saturated heterocycles. The van der Waals surface area contributed by atoms with E-state index in [0.717, 1.165) is 50.4 Å². The second-order valence-electron chi connectivity index (χ2n) is 11.0. The van der Waals surface area contributed by atoms with Crippen LogP contribution in [-0.2, 0) is 16.9 Å². The van der Waals surface area contributed by atoms with Gasteiger partial charge >= 0.3 is 0 Å². The molecule has 4 aromatic rings. The molecule has 0 atom stereocenters. The average molecular weight is 616 g/mol. The summed E-state index contributed by atoms with van der Waals surface area (Å²) in [5.41, 5.74) is 1.81. The van der Waals surface area contributed by atoms with E-state index < -0.39 is 21.6 Å². The van der Waals surface area contributed by atoms with E-state index in [1.54, 1.807) is 14.0 Å². The van der Waals surface area contributed by atoms with E-state index in [1.807, 2.05) is 6.07 Å². The van der Waals surface area contributed by atoms with E-state index in [0.29, 0.717) is 23.2 Å². The molecule has 2 aliphatic rings. The maximum absolute atomic E-state index is 14.1. The van der Waals surface area contributed by atoms with Crippen LogP contribution in [0.3, 0.4) is 0 Å². The highest BCUT2D eigenvalue weighted by atomic mass is 35.5. The summed E-state index contributed by atoms with van der Waals surface area (Å²) in [4.78, 5) is 21.3. The zero-order valence-corrected chi connectivity index (χ0v) is 24.7. The Bertz CT molecular complexity index is 1760. The van der Waals surface area contributed by atoms with Crippen molar-refractivity contribution in [3.63, 3.8) is 0 Å². The lowest BCUT2D eigenvalue weighted by Gasteiger charge is -2.29. The topological polar surface area (TPSA) is 148 Å². The monoisotopic (exact) mass is 615 g/mol. The van der Waals surface area contributed by atoms with Crippen LogP contribution in [0.1, 0.15) is 54.7 Å². The van der Waals surface area contributed by atoms with Crippen LogP contribution >= 0.6 is 11.6 Å². The summed E-state index contributed by atoms with van der Waals surface area (Å²) in [5, 5.41) is 18.4. The van der Waals surface area contributed by atoms with Gasteiger partial charge in [-0.15, -0.1) is 5.10 Å². The first-order valence-corrected chi connectivity index (χ1v) is 15.9. The zero-order valence-electron chi connectivity index (χ0n) is 23.1. The SMILES string of the molecule is Cc1nn(C)c(Cl)c1S(=O)(=O)CC1CCC(Nc2cc(NC3CC3)c3ncc(C(=O)Nc4ccncc4F)n3n2)CC1. The Hall–Kier alpha value is -3.78. The number of sulfone groups is 1. The Morgan fingerprint density at radius 3 is 2.45 bits per heavy atom. The summed E-state index contributed by atoms with van der Waals surface area (Å²) >= 11 is 6.24. The molecule has 42 heavy (non-hydrogen) atoms. The molecule has 0 spiro atoms. The molecule has 4 aromatic heterocycles. The third kappa shape index (κ3) is 5.77. The Kier molecular flexibility index (Phi) is 7.51. The van der Waals surface area contributed by atoms with Crippen molar-refractivity contribution in [3.8, 4) is 0 Å². The fourth-order valence-corrected chi connectivity index (χ4v) is 7.98. The zero-order chi connectivity index (χ0) is 29.6. The molecule has 0 unspecified atom stereocenters. The lowest BCUT2D eigenvalue weighted by Crippen LogP contribution is -2.30. The fourth-order valence-electron chi connectivity index (χ4n) is 5.45. The van der Waals surface area contributed by atoms with E-state index in [-0.39, 0.29) is 39.1 Å². The van der Waals surface area contributed by atoms with Gasteiger partial charge in [0.05, 0.1) is 35.2 Å². The van der Waals surface area contributed by atoms with Crippen LogP contribution in [0.2, 0.25) is 5.15 Å². The Morgan fingerprint density at radius 2 is 1.79 bits per heavy atom. The number of imidazole rings is 1. The number of amides is 1. The summed E-state index contributed by atoms with van der Waals surface area (Å²) in [6.45, 7) is 1.66. The summed E-state index contributed by atoms with van der Waals surface area (Å²) < 4.78 is 43.2. The number of aromatic nitrogens is 6. The number of halogens is 2. The summed E-state index contributed by atoms with van der Waals surface area (Å²) in [7, 11) is -1.95. The Balaban J connectivity index is 1.17. The average Bonchev–Trinajstić information content (AvgIpc) is 3.58. The molecular formula is C27H31ClFN9O3S. The van der Waals surface area contributed by atoms with Gasteiger partial charge in [0.2, 0.25) is 0 Å². The van der Waals surface area contributed by atoms with Gasteiger partial charge in [0, 0.05) is 31.4 Å².